The number of thiazole rings is 1. The molecule has 0 saturated heterocycles. The Kier molecular flexibility index (Phi) is 3.41. The third-order valence-electron chi connectivity index (χ3n) is 1.83. The molecule has 16 heavy (non-hydrogen) atoms. The van der Waals surface area contributed by atoms with Gasteiger partial charge in [0.15, 0.2) is 3.92 Å². The van der Waals surface area contributed by atoms with Crippen molar-refractivity contribution in [2.75, 3.05) is 6.61 Å². The number of hydrogen-bond donors (Lipinski definition) is 0. The number of ether oxygens (including phenoxy) is 1. The van der Waals surface area contributed by atoms with Gasteiger partial charge in [0.2, 0.25) is 0 Å². The highest BCUT2D eigenvalue weighted by Gasteiger charge is 2.17. The zero-order chi connectivity index (χ0) is 11.7. The van der Waals surface area contributed by atoms with Crippen molar-refractivity contribution >= 4 is 55.2 Å². The molecule has 0 aliphatic heterocycles. The summed E-state index contributed by atoms with van der Waals surface area (Å²) in [5.41, 5.74) is 0.762. The second-order valence-electron chi connectivity index (χ2n) is 2.83. The average Bonchev–Trinajstić information content (AvgIpc) is 2.60. The van der Waals surface area contributed by atoms with Crippen molar-refractivity contribution in [1.82, 2.24) is 9.97 Å². The lowest BCUT2D eigenvalue weighted by molar-refractivity contribution is 0.0526. The van der Waals surface area contributed by atoms with Gasteiger partial charge in [0.1, 0.15) is 10.3 Å². The summed E-state index contributed by atoms with van der Waals surface area (Å²) in [6.45, 7) is 2.03. The molecule has 0 radical (unpaired) electrons. The van der Waals surface area contributed by atoms with Crippen molar-refractivity contribution in [3.05, 3.63) is 20.7 Å². The Morgan fingerprint density at radius 1 is 1.69 bits per heavy atom. The number of fused-ring (bicyclic) bond motifs is 1. The van der Waals surface area contributed by atoms with E-state index in [9.17, 15) is 4.79 Å². The quantitative estimate of drug-likeness (QED) is 0.797. The van der Waals surface area contributed by atoms with E-state index in [4.69, 9.17) is 16.3 Å². The molecule has 0 saturated carbocycles. The first-order chi connectivity index (χ1) is 7.63. The molecule has 0 aromatic carbocycles. The van der Waals surface area contributed by atoms with Crippen LogP contribution in [0.15, 0.2) is 10.1 Å². The Hall–Kier alpha value is -0.720. The van der Waals surface area contributed by atoms with Crippen LogP contribution in [0.4, 0.5) is 0 Å². The van der Waals surface area contributed by atoms with Gasteiger partial charge in [-0.25, -0.2) is 14.8 Å². The SMILES string of the molecule is CCOC(=O)c1cnc2sc(Br)nc2c1Cl. The monoisotopic (exact) mass is 320 g/mol. The van der Waals surface area contributed by atoms with Crippen molar-refractivity contribution in [3.8, 4) is 0 Å². The number of aromatic nitrogens is 2. The van der Waals surface area contributed by atoms with Crippen molar-refractivity contribution in [2.45, 2.75) is 6.92 Å². The fourth-order valence-corrected chi connectivity index (χ4v) is 2.77. The highest BCUT2D eigenvalue weighted by molar-refractivity contribution is 9.11. The second kappa shape index (κ2) is 4.65. The molecule has 0 unspecified atom stereocenters. The van der Waals surface area contributed by atoms with Gasteiger partial charge in [-0.2, -0.15) is 0 Å². The number of hydrogen-bond acceptors (Lipinski definition) is 5. The van der Waals surface area contributed by atoms with Gasteiger partial charge in [-0.15, -0.1) is 0 Å². The molecule has 7 heteroatoms. The summed E-state index contributed by atoms with van der Waals surface area (Å²) >= 11 is 10.7. The van der Waals surface area contributed by atoms with Crippen LogP contribution < -0.4 is 0 Å². The second-order valence-corrected chi connectivity index (χ2v) is 5.46. The van der Waals surface area contributed by atoms with Gasteiger partial charge in [-0.3, -0.25) is 0 Å². The molecule has 0 fully saturated rings. The van der Waals surface area contributed by atoms with Crippen LogP contribution in [0.5, 0.6) is 0 Å². The molecular formula is C9H6BrClN2O2S. The third-order valence-corrected chi connectivity index (χ3v) is 3.63. The minimum absolute atomic E-state index is 0.244. The number of rotatable bonds is 2. The number of pyridine rings is 1. The zero-order valence-electron chi connectivity index (χ0n) is 8.16. The van der Waals surface area contributed by atoms with Crippen LogP contribution in [0.25, 0.3) is 10.3 Å². The van der Waals surface area contributed by atoms with Gasteiger partial charge < -0.3 is 4.74 Å². The molecule has 2 rings (SSSR count). The lowest BCUT2D eigenvalue weighted by Gasteiger charge is -2.02. The number of carbonyl (C=O) groups is 1. The summed E-state index contributed by atoms with van der Waals surface area (Å²) in [6.07, 6.45) is 1.41. The predicted molar refractivity (Wildman–Crippen MR) is 66.1 cm³/mol. The lowest BCUT2D eigenvalue weighted by atomic mass is 10.3. The normalized spacial score (nSPS) is 10.7. The smallest absolute Gasteiger partial charge is 0.341 e. The van der Waals surface area contributed by atoms with E-state index in [1.165, 1.54) is 17.5 Å². The Morgan fingerprint density at radius 3 is 3.12 bits per heavy atom. The zero-order valence-corrected chi connectivity index (χ0v) is 11.3. The lowest BCUT2D eigenvalue weighted by Crippen LogP contribution is -2.06. The number of halogens is 2. The first-order valence-corrected chi connectivity index (χ1v) is 6.40. The van der Waals surface area contributed by atoms with Gasteiger partial charge in [-0.1, -0.05) is 22.9 Å². The highest BCUT2D eigenvalue weighted by atomic mass is 79.9. The van der Waals surface area contributed by atoms with Crippen molar-refractivity contribution in [3.63, 3.8) is 0 Å². The first kappa shape index (κ1) is 11.8. The van der Waals surface area contributed by atoms with Crippen LogP contribution in [0.3, 0.4) is 0 Å². The van der Waals surface area contributed by atoms with E-state index in [0.29, 0.717) is 20.9 Å². The maximum atomic E-state index is 11.5. The van der Waals surface area contributed by atoms with Crippen molar-refractivity contribution in [1.29, 1.82) is 0 Å². The minimum atomic E-state index is -0.481. The van der Waals surface area contributed by atoms with Crippen LogP contribution in [0, 0.1) is 0 Å². The molecule has 84 valence electrons. The molecule has 0 amide bonds. The maximum Gasteiger partial charge on any atom is 0.341 e. The molecule has 2 heterocycles. The van der Waals surface area contributed by atoms with E-state index in [-0.39, 0.29) is 10.6 Å². The van der Waals surface area contributed by atoms with E-state index in [1.54, 1.807) is 6.92 Å². The summed E-state index contributed by atoms with van der Waals surface area (Å²) in [5.74, 6) is -0.481. The maximum absolute atomic E-state index is 11.5. The summed E-state index contributed by atoms with van der Waals surface area (Å²) in [7, 11) is 0. The third kappa shape index (κ3) is 2.05. The van der Waals surface area contributed by atoms with Gasteiger partial charge in [-0.05, 0) is 22.9 Å². The van der Waals surface area contributed by atoms with E-state index >= 15 is 0 Å². The topological polar surface area (TPSA) is 52.1 Å². The largest absolute Gasteiger partial charge is 0.462 e. The number of nitrogens with zero attached hydrogens (tertiary/aromatic N) is 2. The molecule has 2 aromatic heterocycles. The fraction of sp³-hybridized carbons (Fsp3) is 0.222. The first-order valence-electron chi connectivity index (χ1n) is 4.41. The van der Waals surface area contributed by atoms with Gasteiger partial charge in [0, 0.05) is 6.20 Å². The Bertz CT molecular complexity index is 558. The van der Waals surface area contributed by atoms with E-state index in [0.717, 1.165) is 0 Å². The van der Waals surface area contributed by atoms with Gasteiger partial charge >= 0.3 is 5.97 Å². The van der Waals surface area contributed by atoms with Crippen LogP contribution in [-0.2, 0) is 4.74 Å². The molecule has 0 spiro atoms. The Labute approximate surface area is 109 Å². The summed E-state index contributed by atoms with van der Waals surface area (Å²) in [5, 5.41) is 0.283. The minimum Gasteiger partial charge on any atom is -0.462 e. The van der Waals surface area contributed by atoms with E-state index in [2.05, 4.69) is 25.9 Å². The molecule has 0 aliphatic rings. The molecule has 0 N–H and O–H groups in total. The average molecular weight is 322 g/mol. The molecule has 0 atom stereocenters. The van der Waals surface area contributed by atoms with Crippen LogP contribution in [0.2, 0.25) is 5.02 Å². The Balaban J connectivity index is 2.55. The molecule has 0 bridgehead atoms. The summed E-state index contributed by atoms with van der Waals surface area (Å²) in [6, 6.07) is 0. The fourth-order valence-electron chi connectivity index (χ4n) is 1.18. The highest BCUT2D eigenvalue weighted by Crippen LogP contribution is 2.31. The molecule has 2 aromatic rings. The van der Waals surface area contributed by atoms with E-state index < -0.39 is 5.97 Å². The van der Waals surface area contributed by atoms with Gasteiger partial charge in [0.25, 0.3) is 0 Å². The van der Waals surface area contributed by atoms with Crippen LogP contribution in [-0.4, -0.2) is 22.5 Å². The van der Waals surface area contributed by atoms with E-state index in [1.807, 2.05) is 0 Å². The van der Waals surface area contributed by atoms with Crippen LogP contribution >= 0.6 is 38.9 Å². The predicted octanol–water partition coefficient (Wildman–Crippen LogP) is 3.28. The molecular weight excluding hydrogens is 316 g/mol. The number of carbonyl (C=O) groups excluding carboxylic acids is 1. The molecule has 4 nitrogen and oxygen atoms in total. The summed E-state index contributed by atoms with van der Waals surface area (Å²) < 4.78 is 5.54. The van der Waals surface area contributed by atoms with Gasteiger partial charge in [0.05, 0.1) is 17.2 Å². The molecule has 0 aliphatic carbocycles. The van der Waals surface area contributed by atoms with Crippen molar-refractivity contribution in [2.24, 2.45) is 0 Å². The van der Waals surface area contributed by atoms with Crippen LogP contribution in [0.1, 0.15) is 17.3 Å². The Morgan fingerprint density at radius 2 is 2.44 bits per heavy atom. The van der Waals surface area contributed by atoms with Crippen molar-refractivity contribution < 1.29 is 9.53 Å². The number of esters is 1. The summed E-state index contributed by atoms with van der Waals surface area (Å²) in [4.78, 5) is 20.5. The standard InChI is InChI=1S/C9H6BrClN2O2S/c1-2-15-8(14)4-3-12-7-6(5(4)11)13-9(10)16-7/h3H,2H2,1H3.